The zero-order chi connectivity index (χ0) is 12.5. The SMILES string of the molecule is CCCCC(NCC(=O)OC)c1ccccc1. The summed E-state index contributed by atoms with van der Waals surface area (Å²) in [6, 6.07) is 10.5. The summed E-state index contributed by atoms with van der Waals surface area (Å²) in [5.74, 6) is -0.220. The summed E-state index contributed by atoms with van der Waals surface area (Å²) < 4.78 is 4.64. The zero-order valence-corrected chi connectivity index (χ0v) is 10.6. The molecule has 0 radical (unpaired) electrons. The first-order valence-electron chi connectivity index (χ1n) is 6.13. The fourth-order valence-electron chi connectivity index (χ4n) is 1.76. The molecule has 0 amide bonds. The average molecular weight is 235 g/mol. The molecular weight excluding hydrogens is 214 g/mol. The zero-order valence-electron chi connectivity index (χ0n) is 10.6. The maximum absolute atomic E-state index is 11.1. The molecule has 1 aromatic rings. The maximum Gasteiger partial charge on any atom is 0.319 e. The summed E-state index contributed by atoms with van der Waals surface area (Å²) in [4.78, 5) is 11.1. The second-order valence-electron chi connectivity index (χ2n) is 4.06. The van der Waals surface area contributed by atoms with Crippen molar-refractivity contribution < 1.29 is 9.53 Å². The van der Waals surface area contributed by atoms with E-state index in [1.54, 1.807) is 0 Å². The van der Waals surface area contributed by atoms with Gasteiger partial charge in [-0.25, -0.2) is 0 Å². The third kappa shape index (κ3) is 5.00. The van der Waals surface area contributed by atoms with Crippen LogP contribution >= 0.6 is 0 Å². The third-order valence-corrected chi connectivity index (χ3v) is 2.77. The van der Waals surface area contributed by atoms with Crippen molar-refractivity contribution in [1.82, 2.24) is 5.32 Å². The Balaban J connectivity index is 2.57. The molecule has 1 aromatic carbocycles. The van der Waals surface area contributed by atoms with Gasteiger partial charge in [0.1, 0.15) is 0 Å². The molecule has 0 saturated carbocycles. The van der Waals surface area contributed by atoms with Crippen LogP contribution in [-0.2, 0) is 9.53 Å². The number of rotatable bonds is 7. The van der Waals surface area contributed by atoms with Crippen molar-refractivity contribution in [3.8, 4) is 0 Å². The van der Waals surface area contributed by atoms with Gasteiger partial charge in [-0.2, -0.15) is 0 Å². The molecule has 0 fully saturated rings. The maximum atomic E-state index is 11.1. The normalized spacial score (nSPS) is 12.1. The van der Waals surface area contributed by atoms with E-state index in [1.807, 2.05) is 18.2 Å². The molecule has 0 heterocycles. The van der Waals surface area contributed by atoms with E-state index in [2.05, 4.69) is 29.1 Å². The van der Waals surface area contributed by atoms with Crippen LogP contribution in [0.3, 0.4) is 0 Å². The molecule has 0 aliphatic heterocycles. The minimum absolute atomic E-state index is 0.220. The molecule has 0 saturated heterocycles. The van der Waals surface area contributed by atoms with E-state index in [4.69, 9.17) is 0 Å². The number of esters is 1. The van der Waals surface area contributed by atoms with Gasteiger partial charge in [0.05, 0.1) is 13.7 Å². The molecule has 94 valence electrons. The fraction of sp³-hybridized carbons (Fsp3) is 0.500. The Morgan fingerprint density at radius 3 is 2.65 bits per heavy atom. The number of carbonyl (C=O) groups is 1. The van der Waals surface area contributed by atoms with Crippen LogP contribution in [0.2, 0.25) is 0 Å². The minimum atomic E-state index is -0.220. The first-order chi connectivity index (χ1) is 8.27. The molecule has 1 atom stereocenters. The number of hydrogen-bond donors (Lipinski definition) is 1. The Hall–Kier alpha value is -1.35. The smallest absolute Gasteiger partial charge is 0.319 e. The molecule has 17 heavy (non-hydrogen) atoms. The van der Waals surface area contributed by atoms with Crippen LogP contribution in [0.15, 0.2) is 30.3 Å². The van der Waals surface area contributed by atoms with Crippen molar-refractivity contribution in [1.29, 1.82) is 0 Å². The highest BCUT2D eigenvalue weighted by atomic mass is 16.5. The van der Waals surface area contributed by atoms with E-state index < -0.39 is 0 Å². The number of benzene rings is 1. The van der Waals surface area contributed by atoms with Crippen molar-refractivity contribution in [2.75, 3.05) is 13.7 Å². The molecule has 0 aliphatic rings. The highest BCUT2D eigenvalue weighted by molar-refractivity contribution is 5.71. The summed E-state index contributed by atoms with van der Waals surface area (Å²) in [7, 11) is 1.41. The van der Waals surface area contributed by atoms with Gasteiger partial charge >= 0.3 is 5.97 Å². The van der Waals surface area contributed by atoms with Gasteiger partial charge in [-0.15, -0.1) is 0 Å². The van der Waals surface area contributed by atoms with Gasteiger partial charge in [-0.1, -0.05) is 50.1 Å². The standard InChI is InChI=1S/C14H21NO2/c1-3-4-10-13(15-11-14(16)17-2)12-8-6-5-7-9-12/h5-9,13,15H,3-4,10-11H2,1-2H3. The summed E-state index contributed by atoms with van der Waals surface area (Å²) in [6.45, 7) is 2.43. The topological polar surface area (TPSA) is 38.3 Å². The van der Waals surface area contributed by atoms with E-state index in [-0.39, 0.29) is 18.6 Å². The molecule has 3 heteroatoms. The van der Waals surface area contributed by atoms with Crippen molar-refractivity contribution in [3.05, 3.63) is 35.9 Å². The first kappa shape index (κ1) is 13.7. The van der Waals surface area contributed by atoms with E-state index in [9.17, 15) is 4.79 Å². The Bertz CT molecular complexity index is 324. The predicted molar refractivity (Wildman–Crippen MR) is 68.7 cm³/mol. The molecular formula is C14H21NO2. The quantitative estimate of drug-likeness (QED) is 0.738. The second-order valence-corrected chi connectivity index (χ2v) is 4.06. The van der Waals surface area contributed by atoms with Gasteiger partial charge < -0.3 is 10.1 Å². The number of ether oxygens (including phenoxy) is 1. The van der Waals surface area contributed by atoms with Crippen LogP contribution in [0.5, 0.6) is 0 Å². The molecule has 3 nitrogen and oxygen atoms in total. The number of nitrogens with one attached hydrogen (secondary N) is 1. The number of methoxy groups -OCH3 is 1. The second kappa shape index (κ2) is 7.85. The Morgan fingerprint density at radius 2 is 2.06 bits per heavy atom. The van der Waals surface area contributed by atoms with Crippen LogP contribution < -0.4 is 5.32 Å². The summed E-state index contributed by atoms with van der Waals surface area (Å²) in [5, 5.41) is 3.25. The highest BCUT2D eigenvalue weighted by Gasteiger charge is 2.11. The van der Waals surface area contributed by atoms with E-state index in [0.29, 0.717) is 0 Å². The van der Waals surface area contributed by atoms with Gasteiger partial charge in [0.25, 0.3) is 0 Å². The summed E-state index contributed by atoms with van der Waals surface area (Å²) >= 11 is 0. The lowest BCUT2D eigenvalue weighted by Crippen LogP contribution is -2.28. The molecule has 1 N–H and O–H groups in total. The Labute approximate surface area is 103 Å². The highest BCUT2D eigenvalue weighted by Crippen LogP contribution is 2.18. The van der Waals surface area contributed by atoms with Crippen molar-refractivity contribution in [2.45, 2.75) is 32.2 Å². The molecule has 1 unspecified atom stereocenters. The molecule has 0 bridgehead atoms. The molecule has 1 rings (SSSR count). The van der Waals surface area contributed by atoms with Gasteiger partial charge in [-0.3, -0.25) is 4.79 Å². The van der Waals surface area contributed by atoms with Crippen molar-refractivity contribution in [2.24, 2.45) is 0 Å². The van der Waals surface area contributed by atoms with Gasteiger partial charge in [0.2, 0.25) is 0 Å². The van der Waals surface area contributed by atoms with E-state index in [1.165, 1.54) is 12.7 Å². The van der Waals surface area contributed by atoms with E-state index in [0.717, 1.165) is 19.3 Å². The third-order valence-electron chi connectivity index (χ3n) is 2.77. The van der Waals surface area contributed by atoms with Gasteiger partial charge in [-0.05, 0) is 12.0 Å². The Kier molecular flexibility index (Phi) is 6.33. The van der Waals surface area contributed by atoms with Gasteiger partial charge in [0, 0.05) is 6.04 Å². The predicted octanol–water partition coefficient (Wildman–Crippen LogP) is 2.68. The van der Waals surface area contributed by atoms with E-state index >= 15 is 0 Å². The Morgan fingerprint density at radius 1 is 1.35 bits per heavy atom. The van der Waals surface area contributed by atoms with Crippen molar-refractivity contribution in [3.63, 3.8) is 0 Å². The minimum Gasteiger partial charge on any atom is -0.468 e. The lowest BCUT2D eigenvalue weighted by Gasteiger charge is -2.18. The first-order valence-corrected chi connectivity index (χ1v) is 6.13. The average Bonchev–Trinajstić information content (AvgIpc) is 2.39. The monoisotopic (exact) mass is 235 g/mol. The lowest BCUT2D eigenvalue weighted by molar-refractivity contribution is -0.139. The number of carbonyl (C=O) groups excluding carboxylic acids is 1. The number of hydrogen-bond acceptors (Lipinski definition) is 3. The van der Waals surface area contributed by atoms with Crippen LogP contribution in [0.25, 0.3) is 0 Å². The van der Waals surface area contributed by atoms with Crippen LogP contribution in [0, 0.1) is 0 Å². The van der Waals surface area contributed by atoms with Crippen LogP contribution in [0.1, 0.15) is 37.8 Å². The molecule has 0 spiro atoms. The largest absolute Gasteiger partial charge is 0.468 e. The van der Waals surface area contributed by atoms with Gasteiger partial charge in [0.15, 0.2) is 0 Å². The molecule has 0 aromatic heterocycles. The summed E-state index contributed by atoms with van der Waals surface area (Å²) in [5.41, 5.74) is 1.23. The molecule has 0 aliphatic carbocycles. The number of unbranched alkanes of at least 4 members (excludes halogenated alkanes) is 1. The summed E-state index contributed by atoms with van der Waals surface area (Å²) in [6.07, 6.45) is 3.34. The lowest BCUT2D eigenvalue weighted by atomic mass is 10.0. The fourth-order valence-corrected chi connectivity index (χ4v) is 1.76. The van der Waals surface area contributed by atoms with Crippen molar-refractivity contribution >= 4 is 5.97 Å². The van der Waals surface area contributed by atoms with Crippen LogP contribution in [-0.4, -0.2) is 19.6 Å². The van der Waals surface area contributed by atoms with Crippen LogP contribution in [0.4, 0.5) is 0 Å².